The van der Waals surface area contributed by atoms with Crippen molar-refractivity contribution in [3.8, 4) is 0 Å². The lowest BCUT2D eigenvalue weighted by molar-refractivity contribution is 0.0777. The van der Waals surface area contributed by atoms with Gasteiger partial charge in [-0.15, -0.1) is 0 Å². The molecule has 0 aliphatic rings. The topological polar surface area (TPSA) is 89.6 Å². The number of rotatable bonds is 6. The Labute approximate surface area is 72.4 Å². The van der Waals surface area contributed by atoms with E-state index in [9.17, 15) is 8.42 Å². The fourth-order valence-electron chi connectivity index (χ4n) is 0.564. The number of hydrogen-bond donors (Lipinski definition) is 2. The maximum Gasteiger partial charge on any atom is 0.178 e. The molecule has 0 aliphatic carbocycles. The highest BCUT2D eigenvalue weighted by molar-refractivity contribution is 7.91. The van der Waals surface area contributed by atoms with E-state index in [0.717, 1.165) is 0 Å². The van der Waals surface area contributed by atoms with E-state index in [4.69, 9.17) is 15.6 Å². The molecule has 0 saturated heterocycles. The standard InChI is InChI=1S/C6H15NO4S/c1-2-12(9,10)6(8)5-11-4-3-7/h6,8H,2-5,7H2,1H3. The van der Waals surface area contributed by atoms with Gasteiger partial charge in [-0.2, -0.15) is 0 Å². The van der Waals surface area contributed by atoms with Crippen LogP contribution in [0.2, 0.25) is 0 Å². The molecule has 0 saturated carbocycles. The predicted molar refractivity (Wildman–Crippen MR) is 45.3 cm³/mol. The van der Waals surface area contributed by atoms with Crippen LogP contribution in [0.25, 0.3) is 0 Å². The number of hydrogen-bond acceptors (Lipinski definition) is 5. The average molecular weight is 197 g/mol. The Morgan fingerprint density at radius 2 is 2.17 bits per heavy atom. The molecule has 0 radical (unpaired) electrons. The van der Waals surface area contributed by atoms with Crippen LogP contribution in [0.5, 0.6) is 0 Å². The quantitative estimate of drug-likeness (QED) is 0.517. The molecule has 6 heteroatoms. The lowest BCUT2D eigenvalue weighted by Gasteiger charge is -2.09. The fraction of sp³-hybridized carbons (Fsp3) is 1.00. The number of nitrogens with two attached hydrogens (primary N) is 1. The van der Waals surface area contributed by atoms with E-state index in [-0.39, 0.29) is 19.0 Å². The molecule has 12 heavy (non-hydrogen) atoms. The van der Waals surface area contributed by atoms with Gasteiger partial charge in [0.15, 0.2) is 15.3 Å². The van der Waals surface area contributed by atoms with Crippen molar-refractivity contribution in [2.45, 2.75) is 12.4 Å². The highest BCUT2D eigenvalue weighted by atomic mass is 32.2. The van der Waals surface area contributed by atoms with Crippen molar-refractivity contribution in [1.82, 2.24) is 0 Å². The lowest BCUT2D eigenvalue weighted by Crippen LogP contribution is -2.28. The highest BCUT2D eigenvalue weighted by Crippen LogP contribution is 1.98. The third kappa shape index (κ3) is 4.01. The number of sulfone groups is 1. The molecule has 0 aromatic heterocycles. The van der Waals surface area contributed by atoms with Gasteiger partial charge in [-0.05, 0) is 0 Å². The molecule has 0 amide bonds. The van der Waals surface area contributed by atoms with Gasteiger partial charge in [-0.3, -0.25) is 0 Å². The Kier molecular flexibility index (Phi) is 5.39. The monoisotopic (exact) mass is 197 g/mol. The summed E-state index contributed by atoms with van der Waals surface area (Å²) in [5, 5.41) is 9.05. The Balaban J connectivity index is 3.80. The van der Waals surface area contributed by atoms with Crippen LogP contribution < -0.4 is 5.73 Å². The van der Waals surface area contributed by atoms with Crippen LogP contribution in [0.3, 0.4) is 0 Å². The van der Waals surface area contributed by atoms with Crippen molar-refractivity contribution in [3.05, 3.63) is 0 Å². The summed E-state index contributed by atoms with van der Waals surface area (Å²) >= 11 is 0. The second-order valence-electron chi connectivity index (χ2n) is 2.27. The van der Waals surface area contributed by atoms with Crippen LogP contribution in [-0.2, 0) is 14.6 Å². The van der Waals surface area contributed by atoms with Crippen LogP contribution in [0.4, 0.5) is 0 Å². The SMILES string of the molecule is CCS(=O)(=O)C(O)COCCN. The first-order chi connectivity index (χ1) is 5.54. The first-order valence-electron chi connectivity index (χ1n) is 3.72. The molecule has 1 unspecified atom stereocenters. The average Bonchev–Trinajstić information content (AvgIpc) is 2.05. The van der Waals surface area contributed by atoms with Gasteiger partial charge in [0.25, 0.3) is 0 Å². The van der Waals surface area contributed by atoms with Crippen LogP contribution in [0.1, 0.15) is 6.92 Å². The lowest BCUT2D eigenvalue weighted by atomic mass is 10.7. The predicted octanol–water partition coefficient (Wildman–Crippen LogP) is -1.29. The van der Waals surface area contributed by atoms with Gasteiger partial charge >= 0.3 is 0 Å². The zero-order valence-corrected chi connectivity index (χ0v) is 7.88. The normalized spacial score (nSPS) is 14.6. The number of ether oxygens (including phenoxy) is 1. The molecule has 0 aromatic carbocycles. The van der Waals surface area contributed by atoms with Crippen LogP contribution in [0.15, 0.2) is 0 Å². The molecule has 0 aromatic rings. The van der Waals surface area contributed by atoms with Crippen molar-refractivity contribution >= 4 is 9.84 Å². The first kappa shape index (κ1) is 11.8. The second-order valence-corrected chi connectivity index (χ2v) is 4.72. The number of aliphatic hydroxyl groups excluding tert-OH is 1. The summed E-state index contributed by atoms with van der Waals surface area (Å²) in [7, 11) is -3.39. The van der Waals surface area contributed by atoms with E-state index in [1.165, 1.54) is 6.92 Å². The molecule has 74 valence electrons. The van der Waals surface area contributed by atoms with Crippen molar-refractivity contribution in [2.75, 3.05) is 25.5 Å². The summed E-state index contributed by atoms with van der Waals surface area (Å²) in [6, 6.07) is 0. The van der Waals surface area contributed by atoms with Crippen molar-refractivity contribution in [3.63, 3.8) is 0 Å². The molecular weight excluding hydrogens is 182 g/mol. The van der Waals surface area contributed by atoms with Crippen molar-refractivity contribution in [1.29, 1.82) is 0 Å². The molecule has 5 nitrogen and oxygen atoms in total. The van der Waals surface area contributed by atoms with Gasteiger partial charge in [0, 0.05) is 6.54 Å². The maximum absolute atomic E-state index is 10.9. The molecule has 0 rings (SSSR count). The summed E-state index contributed by atoms with van der Waals surface area (Å²) in [4.78, 5) is 0. The van der Waals surface area contributed by atoms with Gasteiger partial charge in [0.05, 0.1) is 19.0 Å². The summed E-state index contributed by atoms with van der Waals surface area (Å²) in [5.41, 5.74) is 3.68. The Bertz CT molecular complexity index is 202. The van der Waals surface area contributed by atoms with Crippen molar-refractivity contribution in [2.24, 2.45) is 5.73 Å². The third-order valence-corrected chi connectivity index (χ3v) is 3.11. The third-order valence-electron chi connectivity index (χ3n) is 1.34. The second kappa shape index (κ2) is 5.47. The first-order valence-corrected chi connectivity index (χ1v) is 5.43. The van der Waals surface area contributed by atoms with E-state index in [1.54, 1.807) is 0 Å². The van der Waals surface area contributed by atoms with E-state index in [0.29, 0.717) is 6.54 Å². The molecule has 3 N–H and O–H groups in total. The smallest absolute Gasteiger partial charge is 0.178 e. The minimum Gasteiger partial charge on any atom is -0.376 e. The van der Waals surface area contributed by atoms with E-state index in [1.807, 2.05) is 0 Å². The number of aliphatic hydroxyl groups is 1. The Morgan fingerprint density at radius 1 is 1.58 bits per heavy atom. The van der Waals surface area contributed by atoms with Gasteiger partial charge in [0.1, 0.15) is 0 Å². The molecule has 0 spiro atoms. The van der Waals surface area contributed by atoms with E-state index in [2.05, 4.69) is 0 Å². The molecule has 0 fully saturated rings. The molecule has 0 heterocycles. The summed E-state index contributed by atoms with van der Waals surface area (Å²) in [6.07, 6.45) is 0. The van der Waals surface area contributed by atoms with Gasteiger partial charge < -0.3 is 15.6 Å². The Hall–Kier alpha value is -0.170. The van der Waals surface area contributed by atoms with Crippen LogP contribution in [-0.4, -0.2) is 44.5 Å². The minimum absolute atomic E-state index is 0.0832. The summed E-state index contributed by atoms with van der Waals surface area (Å²) < 4.78 is 26.6. The zero-order chi connectivity index (χ0) is 9.61. The molecule has 0 aliphatic heterocycles. The van der Waals surface area contributed by atoms with Crippen LogP contribution in [0, 0.1) is 0 Å². The fourth-order valence-corrected chi connectivity index (χ4v) is 1.25. The highest BCUT2D eigenvalue weighted by Gasteiger charge is 2.20. The van der Waals surface area contributed by atoms with Gasteiger partial charge in [-0.25, -0.2) is 8.42 Å². The molecule has 0 bridgehead atoms. The van der Waals surface area contributed by atoms with E-state index < -0.39 is 15.3 Å². The zero-order valence-electron chi connectivity index (χ0n) is 7.06. The Morgan fingerprint density at radius 3 is 2.58 bits per heavy atom. The van der Waals surface area contributed by atoms with Crippen LogP contribution >= 0.6 is 0 Å². The minimum atomic E-state index is -3.39. The van der Waals surface area contributed by atoms with E-state index >= 15 is 0 Å². The van der Waals surface area contributed by atoms with Gasteiger partial charge in [-0.1, -0.05) is 6.92 Å². The molecule has 1 atom stereocenters. The largest absolute Gasteiger partial charge is 0.376 e. The molecular formula is C6H15NO4S. The summed E-state index contributed by atoms with van der Waals surface area (Å²) in [6.45, 7) is 1.85. The summed E-state index contributed by atoms with van der Waals surface area (Å²) in [5.74, 6) is -0.0832. The van der Waals surface area contributed by atoms with Gasteiger partial charge in [0.2, 0.25) is 0 Å². The van der Waals surface area contributed by atoms with Crippen molar-refractivity contribution < 1.29 is 18.3 Å². The maximum atomic E-state index is 10.9.